The van der Waals surface area contributed by atoms with Crippen molar-refractivity contribution < 1.29 is 5.11 Å². The van der Waals surface area contributed by atoms with Gasteiger partial charge in [0.1, 0.15) is 5.75 Å². The van der Waals surface area contributed by atoms with E-state index in [2.05, 4.69) is 15.9 Å². The van der Waals surface area contributed by atoms with Gasteiger partial charge in [0.05, 0.1) is 5.69 Å². The Morgan fingerprint density at radius 3 is 2.46 bits per heavy atom. The van der Waals surface area contributed by atoms with Crippen LogP contribution in [0.3, 0.4) is 0 Å². The number of phenolic OH excluding ortho intramolecular Hbond substituents is 1. The molecule has 0 atom stereocenters. The van der Waals surface area contributed by atoms with E-state index in [9.17, 15) is 5.11 Å². The first-order valence-electron chi connectivity index (χ1n) is 4.22. The zero-order chi connectivity index (χ0) is 10.2. The van der Waals surface area contributed by atoms with Gasteiger partial charge in [-0.05, 0) is 30.0 Å². The van der Waals surface area contributed by atoms with Gasteiger partial charge in [0.15, 0.2) is 0 Å². The van der Waals surface area contributed by atoms with Crippen LogP contribution in [-0.4, -0.2) is 5.11 Å². The number of anilines is 1. The highest BCUT2D eigenvalue weighted by Crippen LogP contribution is 2.37. The third-order valence-corrected chi connectivity index (χ3v) is 3.02. The Balaban J connectivity index is 3.41. The number of nitrogen functional groups attached to an aromatic ring is 1. The van der Waals surface area contributed by atoms with E-state index in [0.29, 0.717) is 5.69 Å². The molecular formula is C10H14BrNO. The minimum Gasteiger partial charge on any atom is -0.505 e. The van der Waals surface area contributed by atoms with Gasteiger partial charge in [-0.15, -0.1) is 0 Å². The summed E-state index contributed by atoms with van der Waals surface area (Å²) >= 11 is 3.41. The maximum Gasteiger partial charge on any atom is 0.142 e. The lowest BCUT2D eigenvalue weighted by atomic mass is 9.99. The van der Waals surface area contributed by atoms with Crippen molar-refractivity contribution in [3.05, 3.63) is 21.7 Å². The second kappa shape index (κ2) is 3.58. The molecule has 0 bridgehead atoms. The van der Waals surface area contributed by atoms with Crippen LogP contribution in [0.15, 0.2) is 10.5 Å². The summed E-state index contributed by atoms with van der Waals surface area (Å²) in [4.78, 5) is 0. The molecule has 13 heavy (non-hydrogen) atoms. The van der Waals surface area contributed by atoms with E-state index in [0.717, 1.165) is 15.6 Å². The molecule has 0 unspecified atom stereocenters. The lowest BCUT2D eigenvalue weighted by Gasteiger charge is -2.13. The Morgan fingerprint density at radius 2 is 2.00 bits per heavy atom. The molecule has 0 spiro atoms. The summed E-state index contributed by atoms with van der Waals surface area (Å²) in [5, 5.41) is 9.73. The van der Waals surface area contributed by atoms with Crippen molar-refractivity contribution in [1.82, 2.24) is 0 Å². The first-order valence-corrected chi connectivity index (χ1v) is 5.01. The van der Waals surface area contributed by atoms with Crippen molar-refractivity contribution in [2.24, 2.45) is 0 Å². The third kappa shape index (κ3) is 1.80. The quantitative estimate of drug-likeness (QED) is 0.588. The zero-order valence-electron chi connectivity index (χ0n) is 8.06. The largest absolute Gasteiger partial charge is 0.505 e. The summed E-state index contributed by atoms with van der Waals surface area (Å²) < 4.78 is 0.950. The number of halogens is 1. The van der Waals surface area contributed by atoms with Crippen LogP contribution in [0.4, 0.5) is 5.69 Å². The molecule has 0 amide bonds. The van der Waals surface area contributed by atoms with Crippen LogP contribution in [0.5, 0.6) is 5.75 Å². The normalized spacial score (nSPS) is 10.8. The molecule has 0 saturated heterocycles. The number of nitrogens with two attached hydrogens (primary N) is 1. The maximum atomic E-state index is 9.73. The van der Waals surface area contributed by atoms with E-state index in [1.807, 2.05) is 26.8 Å². The topological polar surface area (TPSA) is 46.2 Å². The van der Waals surface area contributed by atoms with E-state index in [1.54, 1.807) is 0 Å². The molecule has 1 aromatic rings. The van der Waals surface area contributed by atoms with Crippen LogP contribution < -0.4 is 5.73 Å². The zero-order valence-corrected chi connectivity index (χ0v) is 9.64. The second-order valence-electron chi connectivity index (χ2n) is 3.49. The van der Waals surface area contributed by atoms with Gasteiger partial charge in [-0.3, -0.25) is 0 Å². The molecular weight excluding hydrogens is 230 g/mol. The Bertz CT molecular complexity index is 334. The lowest BCUT2D eigenvalue weighted by Crippen LogP contribution is -1.97. The lowest BCUT2D eigenvalue weighted by molar-refractivity contribution is 0.467. The fourth-order valence-corrected chi connectivity index (χ4v) is 1.68. The third-order valence-electron chi connectivity index (χ3n) is 2.20. The Kier molecular flexibility index (Phi) is 2.86. The van der Waals surface area contributed by atoms with E-state index in [1.165, 1.54) is 0 Å². The summed E-state index contributed by atoms with van der Waals surface area (Å²) in [5.74, 6) is 0.495. The first-order chi connectivity index (χ1) is 5.95. The number of hydrogen-bond acceptors (Lipinski definition) is 2. The molecule has 1 rings (SSSR count). The van der Waals surface area contributed by atoms with Gasteiger partial charge in [-0.2, -0.15) is 0 Å². The summed E-state index contributed by atoms with van der Waals surface area (Å²) in [5.41, 5.74) is 7.99. The van der Waals surface area contributed by atoms with Gasteiger partial charge in [0.25, 0.3) is 0 Å². The number of aromatic hydroxyl groups is 1. The minimum absolute atomic E-state index is 0.218. The molecule has 0 aromatic heterocycles. The molecule has 72 valence electrons. The van der Waals surface area contributed by atoms with Crippen LogP contribution >= 0.6 is 15.9 Å². The van der Waals surface area contributed by atoms with Crippen LogP contribution in [0.2, 0.25) is 0 Å². The molecule has 0 radical (unpaired) electrons. The molecule has 0 aliphatic rings. The number of phenols is 1. The predicted molar refractivity (Wildman–Crippen MR) is 59.0 cm³/mol. The first kappa shape index (κ1) is 10.4. The van der Waals surface area contributed by atoms with Gasteiger partial charge < -0.3 is 10.8 Å². The summed E-state index contributed by atoms with van der Waals surface area (Å²) in [6.07, 6.45) is 0. The summed E-state index contributed by atoms with van der Waals surface area (Å²) in [6, 6.07) is 1.92. The van der Waals surface area contributed by atoms with Gasteiger partial charge in [-0.1, -0.05) is 29.8 Å². The monoisotopic (exact) mass is 243 g/mol. The maximum absolute atomic E-state index is 9.73. The average molecular weight is 244 g/mol. The molecule has 0 aliphatic heterocycles. The second-order valence-corrected chi connectivity index (χ2v) is 4.34. The molecule has 0 aliphatic carbocycles. The van der Waals surface area contributed by atoms with Gasteiger partial charge in [0, 0.05) is 4.47 Å². The standard InChI is InChI=1S/C10H14BrNO/c1-5(2)7-4-8(11)6(3)9(12)10(7)13/h4-5,13H,12H2,1-3H3. The van der Waals surface area contributed by atoms with E-state index in [-0.39, 0.29) is 11.7 Å². The van der Waals surface area contributed by atoms with Crippen molar-refractivity contribution in [2.45, 2.75) is 26.7 Å². The Hall–Kier alpha value is -0.700. The average Bonchev–Trinajstić information content (AvgIpc) is 2.07. The molecule has 0 fully saturated rings. The van der Waals surface area contributed by atoms with Gasteiger partial charge in [0.2, 0.25) is 0 Å². The highest BCUT2D eigenvalue weighted by atomic mass is 79.9. The fraction of sp³-hybridized carbons (Fsp3) is 0.400. The Labute approximate surface area is 86.9 Å². The molecule has 0 saturated carbocycles. The van der Waals surface area contributed by atoms with Crippen molar-refractivity contribution in [1.29, 1.82) is 0 Å². The van der Waals surface area contributed by atoms with Gasteiger partial charge >= 0.3 is 0 Å². The van der Waals surface area contributed by atoms with Crippen LogP contribution in [0.1, 0.15) is 30.9 Å². The number of rotatable bonds is 1. The van der Waals surface area contributed by atoms with Crippen LogP contribution in [0.25, 0.3) is 0 Å². The van der Waals surface area contributed by atoms with E-state index in [4.69, 9.17) is 5.73 Å². The molecule has 0 heterocycles. The van der Waals surface area contributed by atoms with Gasteiger partial charge in [-0.25, -0.2) is 0 Å². The Morgan fingerprint density at radius 1 is 1.46 bits per heavy atom. The highest BCUT2D eigenvalue weighted by Gasteiger charge is 2.13. The molecule has 1 aromatic carbocycles. The van der Waals surface area contributed by atoms with Crippen molar-refractivity contribution in [3.8, 4) is 5.75 Å². The van der Waals surface area contributed by atoms with Crippen LogP contribution in [-0.2, 0) is 0 Å². The number of benzene rings is 1. The summed E-state index contributed by atoms with van der Waals surface area (Å²) in [6.45, 7) is 5.93. The highest BCUT2D eigenvalue weighted by molar-refractivity contribution is 9.10. The van der Waals surface area contributed by atoms with E-state index >= 15 is 0 Å². The van der Waals surface area contributed by atoms with Crippen molar-refractivity contribution in [2.75, 3.05) is 5.73 Å². The molecule has 2 nitrogen and oxygen atoms in total. The molecule has 3 N–H and O–H groups in total. The van der Waals surface area contributed by atoms with E-state index < -0.39 is 0 Å². The van der Waals surface area contributed by atoms with Crippen LogP contribution in [0, 0.1) is 6.92 Å². The summed E-state index contributed by atoms with van der Waals surface area (Å²) in [7, 11) is 0. The number of hydrogen-bond donors (Lipinski definition) is 2. The smallest absolute Gasteiger partial charge is 0.142 e. The minimum atomic E-state index is 0.218. The predicted octanol–water partition coefficient (Wildman–Crippen LogP) is 3.17. The SMILES string of the molecule is Cc1c(Br)cc(C(C)C)c(O)c1N. The molecule has 3 heteroatoms. The fourth-order valence-electron chi connectivity index (χ4n) is 1.21. The van der Waals surface area contributed by atoms with Crippen molar-refractivity contribution >= 4 is 21.6 Å². The van der Waals surface area contributed by atoms with Crippen molar-refractivity contribution in [3.63, 3.8) is 0 Å².